The van der Waals surface area contributed by atoms with E-state index in [2.05, 4.69) is 53.2 Å². The number of fused-ring (bicyclic) bond motifs is 1. The number of nitrogens with one attached hydrogen (secondary N) is 10. The highest BCUT2D eigenvalue weighted by Crippen LogP contribution is 2.24. The molecular weight excluding hydrogens is 1410 g/mol. The van der Waals surface area contributed by atoms with Gasteiger partial charge in [0.25, 0.3) is 0 Å². The van der Waals surface area contributed by atoms with Crippen LogP contribution in [0.3, 0.4) is 0 Å². The van der Waals surface area contributed by atoms with E-state index in [1.54, 1.807) is 109 Å². The zero-order chi connectivity index (χ0) is 77.7. The largest absolute Gasteiger partial charge is 0.480 e. The van der Waals surface area contributed by atoms with Crippen LogP contribution < -0.4 is 64.6 Å². The Morgan fingerprint density at radius 1 is 0.467 bits per heavy atom. The SMILES string of the molecule is CC(C)NCc1ccc(C[C@@H]2NC(=O)[C@@H](Cc3ccc4ccccc4c3)NC(=O)[C@H](Cc3ccccc3)NC(=O)[C@H](Cc3ccccc3)N(C)C(=O)[C@H](CCCCN)NC(=O)[C@@H](N)CSSC[C@@H](C(=O)O)NC(=O)[C@H](CO)NC(=O)[C@H]([C@@H](C)O)NC(=O)[C@H](Cc3ccccc3)NC(=O)[C@H]([C@@H](C)O)NC2=O)cc1. The monoisotopic (exact) mass is 1510 g/mol. The van der Waals surface area contributed by atoms with Crippen molar-refractivity contribution in [3.8, 4) is 0 Å². The molecule has 28 nitrogen and oxygen atoms in total. The minimum Gasteiger partial charge on any atom is -0.480 e. The molecule has 1 aliphatic heterocycles. The van der Waals surface area contributed by atoms with Gasteiger partial charge in [-0.2, -0.15) is 0 Å². The van der Waals surface area contributed by atoms with Gasteiger partial charge in [-0.15, -0.1) is 0 Å². The van der Waals surface area contributed by atoms with Crippen molar-refractivity contribution in [1.29, 1.82) is 0 Å². The van der Waals surface area contributed by atoms with Gasteiger partial charge in [0.2, 0.25) is 59.1 Å². The molecule has 1 saturated heterocycles. The topological polar surface area (TPSA) is 444 Å². The number of carboxylic acid groups (broad SMARTS) is 1. The van der Waals surface area contributed by atoms with E-state index in [0.717, 1.165) is 44.8 Å². The lowest BCUT2D eigenvalue weighted by Gasteiger charge is -2.33. The molecule has 0 aromatic heterocycles. The Morgan fingerprint density at radius 3 is 1.36 bits per heavy atom. The number of nitrogens with zero attached hydrogens (tertiary/aromatic N) is 1. The fraction of sp³-hybridized carbons (Fsp3) is 0.416. The molecule has 0 aliphatic carbocycles. The Labute approximate surface area is 630 Å². The summed E-state index contributed by atoms with van der Waals surface area (Å²) in [4.78, 5) is 162. The van der Waals surface area contributed by atoms with E-state index in [9.17, 15) is 49.2 Å². The number of benzene rings is 6. The van der Waals surface area contributed by atoms with Gasteiger partial charge in [0.05, 0.1) is 24.9 Å². The number of aliphatic hydroxyl groups excluding tert-OH is 3. The summed E-state index contributed by atoms with van der Waals surface area (Å²) in [6.45, 7) is 5.93. The Balaban J connectivity index is 1.33. The predicted octanol–water partition coefficient (Wildman–Crippen LogP) is 0.731. The minimum atomic E-state index is -1.91. The summed E-state index contributed by atoms with van der Waals surface area (Å²) >= 11 is 0. The highest BCUT2D eigenvalue weighted by Gasteiger charge is 2.40. The molecule has 6 aromatic carbocycles. The summed E-state index contributed by atoms with van der Waals surface area (Å²) in [6.07, 6.45) is -3.61. The molecular formula is C77H99N13O15S2. The number of likely N-dealkylation sites (N-methyl/N-ethyl adjacent to an activating group) is 1. The number of hydrogen-bond donors (Lipinski definition) is 16. The van der Waals surface area contributed by atoms with Crippen molar-refractivity contribution in [2.24, 2.45) is 11.5 Å². The molecule has 574 valence electrons. The van der Waals surface area contributed by atoms with Crippen LogP contribution in [0.2, 0.25) is 0 Å². The van der Waals surface area contributed by atoms with Crippen LogP contribution in [0.4, 0.5) is 0 Å². The van der Waals surface area contributed by atoms with Gasteiger partial charge in [0.1, 0.15) is 60.4 Å². The second kappa shape index (κ2) is 42.5. The van der Waals surface area contributed by atoms with Crippen molar-refractivity contribution in [3.63, 3.8) is 0 Å². The molecule has 0 unspecified atom stereocenters. The smallest absolute Gasteiger partial charge is 0.327 e. The average molecular weight is 1510 g/mol. The van der Waals surface area contributed by atoms with E-state index >= 15 is 24.0 Å². The number of carbonyl (C=O) groups excluding carboxylic acids is 10. The van der Waals surface area contributed by atoms with Crippen molar-refractivity contribution in [3.05, 3.63) is 191 Å². The quantitative estimate of drug-likeness (QED) is 0.0349. The van der Waals surface area contributed by atoms with Crippen LogP contribution in [0.15, 0.2) is 158 Å². The van der Waals surface area contributed by atoms with Crippen molar-refractivity contribution in [2.75, 3.05) is 31.7 Å². The summed E-state index contributed by atoms with van der Waals surface area (Å²) in [5.74, 6) is -11.8. The van der Waals surface area contributed by atoms with Crippen LogP contribution in [0.25, 0.3) is 10.8 Å². The molecule has 1 heterocycles. The first kappa shape index (κ1) is 84.5. The summed E-state index contributed by atoms with van der Waals surface area (Å²) in [5.41, 5.74) is 16.0. The first-order valence-electron chi connectivity index (χ1n) is 35.5. The van der Waals surface area contributed by atoms with Gasteiger partial charge in [0.15, 0.2) is 0 Å². The van der Waals surface area contributed by atoms with Gasteiger partial charge >= 0.3 is 5.97 Å². The molecule has 6 aromatic rings. The van der Waals surface area contributed by atoms with Gasteiger partial charge in [-0.1, -0.05) is 193 Å². The van der Waals surface area contributed by atoms with Gasteiger partial charge < -0.3 is 90.0 Å². The number of rotatable bonds is 21. The number of carboxylic acids is 1. The zero-order valence-corrected chi connectivity index (χ0v) is 62.1. The third kappa shape index (κ3) is 26.6. The molecule has 0 saturated carbocycles. The van der Waals surface area contributed by atoms with Crippen LogP contribution in [-0.2, 0) is 91.4 Å². The van der Waals surface area contributed by atoms with Gasteiger partial charge in [0, 0.05) is 63.2 Å². The molecule has 0 radical (unpaired) electrons. The second-order valence-corrected chi connectivity index (χ2v) is 29.4. The van der Waals surface area contributed by atoms with Crippen molar-refractivity contribution < 1.29 is 73.2 Å². The Hall–Kier alpha value is -9.79. The van der Waals surface area contributed by atoms with Crippen LogP contribution in [0.1, 0.15) is 80.3 Å². The van der Waals surface area contributed by atoms with E-state index in [-0.39, 0.29) is 62.6 Å². The summed E-state index contributed by atoms with van der Waals surface area (Å²) in [7, 11) is 3.24. The molecule has 107 heavy (non-hydrogen) atoms. The maximum Gasteiger partial charge on any atom is 0.327 e. The van der Waals surface area contributed by atoms with E-state index in [1.807, 2.05) is 62.4 Å². The molecule has 0 bridgehead atoms. The van der Waals surface area contributed by atoms with E-state index < -0.39 is 150 Å². The minimum absolute atomic E-state index is 0.0420. The molecule has 1 aliphatic rings. The lowest BCUT2D eigenvalue weighted by molar-refractivity contribution is -0.143. The molecule has 1 fully saturated rings. The molecule has 18 N–H and O–H groups in total. The molecule has 10 amide bonds. The average Bonchev–Trinajstić information content (AvgIpc) is 0.844. The third-order valence-electron chi connectivity index (χ3n) is 17.9. The summed E-state index contributed by atoms with van der Waals surface area (Å²) in [5, 5.41) is 71.6. The van der Waals surface area contributed by atoms with E-state index in [0.29, 0.717) is 47.2 Å². The van der Waals surface area contributed by atoms with Gasteiger partial charge in [-0.3, -0.25) is 47.9 Å². The molecule has 30 heteroatoms. The standard InChI is InChI=1S/C77H99N13O15S2/c1-45(2)80-41-52-30-28-51(29-31-52)38-59-70(97)88-65(46(3)92)74(101)85-60(37-49-21-11-7-12-22-49)71(98)89-66(47(4)93)75(102)86-62(42-91)72(99)87-63(77(104)105)44-107-106-43-56(79)67(94)81-57(27-17-18-34-78)76(103)90(5)64(40-50-23-13-8-14-24-50)73(100)84-58(36-48-19-9-6-10-20-48)68(95)83-61(69(96)82-59)39-53-32-33-54-25-15-16-26-55(54)35-53/h6-16,19-26,28-33,35,45-47,56-66,80,91-93H,17-18,27,34,36-44,78-79H2,1-5H3,(H,81,94)(H,82,96)(H,83,95)(H,84,100)(H,85,101)(H,86,102)(H,87,99)(H,88,97)(H,89,98)(H,104,105)/t46-,47-,56+,57+,58+,59+,60+,61-,62+,63+,64+,65+,66+/m1/s1. The summed E-state index contributed by atoms with van der Waals surface area (Å²) < 4.78 is 0. The maximum absolute atomic E-state index is 15.6. The van der Waals surface area contributed by atoms with Gasteiger partial charge in [-0.25, -0.2) is 4.79 Å². The first-order chi connectivity index (χ1) is 51.2. The van der Waals surface area contributed by atoms with Crippen LogP contribution in [-0.4, -0.2) is 207 Å². The lowest BCUT2D eigenvalue weighted by atomic mass is 9.98. The zero-order valence-electron chi connectivity index (χ0n) is 60.5. The number of aliphatic hydroxyl groups is 3. The second-order valence-electron chi connectivity index (χ2n) is 26.8. The molecule has 7 rings (SSSR count). The van der Waals surface area contributed by atoms with E-state index in [4.69, 9.17) is 11.5 Å². The summed E-state index contributed by atoms with van der Waals surface area (Å²) in [6, 6.07) is 28.4. The molecule has 0 spiro atoms. The van der Waals surface area contributed by atoms with Crippen LogP contribution >= 0.6 is 21.6 Å². The highest BCUT2D eigenvalue weighted by atomic mass is 33.1. The van der Waals surface area contributed by atoms with Crippen LogP contribution in [0.5, 0.6) is 0 Å². The number of carbonyl (C=O) groups is 11. The number of nitrogens with two attached hydrogens (primary N) is 2. The normalized spacial score (nSPS) is 23.6. The fourth-order valence-electron chi connectivity index (χ4n) is 11.8. The predicted molar refractivity (Wildman–Crippen MR) is 408 cm³/mol. The van der Waals surface area contributed by atoms with Crippen molar-refractivity contribution >= 4 is 97.4 Å². The maximum atomic E-state index is 15.6. The van der Waals surface area contributed by atoms with Gasteiger partial charge in [-0.05, 0) is 83.8 Å². The lowest BCUT2D eigenvalue weighted by Crippen LogP contribution is -2.63. The fourth-order valence-corrected chi connectivity index (χ4v) is 14.0. The Morgan fingerprint density at radius 2 is 0.869 bits per heavy atom. The number of aliphatic carboxylic acids is 1. The Bertz CT molecular complexity index is 3960. The number of amides is 10. The van der Waals surface area contributed by atoms with E-state index in [1.165, 1.54) is 18.9 Å². The Kier molecular flexibility index (Phi) is 33.6. The van der Waals surface area contributed by atoms with Crippen molar-refractivity contribution in [1.82, 2.24) is 58.1 Å². The number of hydrogen-bond acceptors (Lipinski definition) is 19. The highest BCUT2D eigenvalue weighted by molar-refractivity contribution is 8.76. The van der Waals surface area contributed by atoms with Crippen molar-refractivity contribution in [2.45, 2.75) is 170 Å². The van der Waals surface area contributed by atoms with Crippen LogP contribution in [0, 0.1) is 0 Å². The number of unbranched alkanes of at least 4 members (excludes halogenated alkanes) is 1. The first-order valence-corrected chi connectivity index (χ1v) is 38.0. The third-order valence-corrected chi connectivity index (χ3v) is 20.4. The molecule has 13 atom stereocenters.